The largest absolute Gasteiger partial charge is 0.481 e. The van der Waals surface area contributed by atoms with E-state index < -0.39 is 11.9 Å². The number of amides is 2. The van der Waals surface area contributed by atoms with Gasteiger partial charge in [-0.1, -0.05) is 30.7 Å². The van der Waals surface area contributed by atoms with Crippen LogP contribution in [0.25, 0.3) is 5.69 Å². The van der Waals surface area contributed by atoms with E-state index in [9.17, 15) is 14.7 Å². The SMILES string of the molecule is CCc1c(NC(=O)N2CCCC(C(=O)O)C2)cnn1-c1ccccc1Cl. The van der Waals surface area contributed by atoms with Gasteiger partial charge in [0, 0.05) is 13.1 Å². The summed E-state index contributed by atoms with van der Waals surface area (Å²) in [6.45, 7) is 2.75. The molecule has 7 nitrogen and oxygen atoms in total. The van der Waals surface area contributed by atoms with Gasteiger partial charge in [-0.05, 0) is 31.4 Å². The minimum Gasteiger partial charge on any atom is -0.481 e. The summed E-state index contributed by atoms with van der Waals surface area (Å²) >= 11 is 6.26. The molecule has 2 heterocycles. The van der Waals surface area contributed by atoms with Gasteiger partial charge >= 0.3 is 12.0 Å². The van der Waals surface area contributed by atoms with Gasteiger partial charge in [0.05, 0.1) is 34.2 Å². The minimum absolute atomic E-state index is 0.223. The van der Waals surface area contributed by atoms with Gasteiger partial charge in [-0.3, -0.25) is 4.79 Å². The van der Waals surface area contributed by atoms with Crippen molar-refractivity contribution in [2.45, 2.75) is 26.2 Å². The van der Waals surface area contributed by atoms with Crippen molar-refractivity contribution in [3.63, 3.8) is 0 Å². The van der Waals surface area contributed by atoms with E-state index in [-0.39, 0.29) is 12.6 Å². The lowest BCUT2D eigenvalue weighted by molar-refractivity contribution is -0.143. The van der Waals surface area contributed by atoms with Crippen LogP contribution in [0.3, 0.4) is 0 Å². The van der Waals surface area contributed by atoms with Crippen LogP contribution in [-0.4, -0.2) is 44.9 Å². The summed E-state index contributed by atoms with van der Waals surface area (Å²) < 4.78 is 1.72. The molecule has 2 amide bonds. The summed E-state index contributed by atoms with van der Waals surface area (Å²) in [5.74, 6) is -1.37. The summed E-state index contributed by atoms with van der Waals surface area (Å²) in [6, 6.07) is 7.07. The normalized spacial score (nSPS) is 17.2. The second-order valence-electron chi connectivity index (χ2n) is 6.28. The van der Waals surface area contributed by atoms with E-state index in [1.54, 1.807) is 21.8 Å². The number of benzene rings is 1. The summed E-state index contributed by atoms with van der Waals surface area (Å²) in [7, 11) is 0. The molecule has 1 fully saturated rings. The van der Waals surface area contributed by atoms with E-state index in [1.165, 1.54) is 0 Å². The average molecular weight is 377 g/mol. The lowest BCUT2D eigenvalue weighted by atomic mass is 9.99. The molecule has 1 aliphatic rings. The Hall–Kier alpha value is -2.54. The van der Waals surface area contributed by atoms with Crippen LogP contribution < -0.4 is 5.32 Å². The van der Waals surface area contributed by atoms with Gasteiger partial charge in [-0.15, -0.1) is 0 Å². The molecule has 2 N–H and O–H groups in total. The van der Waals surface area contributed by atoms with E-state index in [2.05, 4.69) is 10.4 Å². The number of nitrogens with one attached hydrogen (secondary N) is 1. The number of urea groups is 1. The molecule has 3 rings (SSSR count). The molecule has 26 heavy (non-hydrogen) atoms. The number of hydrogen-bond donors (Lipinski definition) is 2. The van der Waals surface area contributed by atoms with Crippen LogP contribution in [0.15, 0.2) is 30.5 Å². The van der Waals surface area contributed by atoms with Crippen LogP contribution in [-0.2, 0) is 11.2 Å². The number of carbonyl (C=O) groups excluding carboxylic acids is 1. The monoisotopic (exact) mass is 376 g/mol. The molecular weight excluding hydrogens is 356 g/mol. The molecule has 1 saturated heterocycles. The predicted molar refractivity (Wildman–Crippen MR) is 98.9 cm³/mol. The van der Waals surface area contributed by atoms with Crippen molar-refractivity contribution in [3.05, 3.63) is 41.2 Å². The first-order valence-corrected chi connectivity index (χ1v) is 8.99. The van der Waals surface area contributed by atoms with Crippen molar-refractivity contribution in [2.75, 3.05) is 18.4 Å². The number of anilines is 1. The molecule has 0 spiro atoms. The lowest BCUT2D eigenvalue weighted by Crippen LogP contribution is -2.44. The molecule has 1 aliphatic heterocycles. The Morgan fingerprint density at radius 2 is 2.15 bits per heavy atom. The van der Waals surface area contributed by atoms with Gasteiger partial charge in [0.2, 0.25) is 0 Å². The number of halogens is 1. The van der Waals surface area contributed by atoms with Gasteiger partial charge in [-0.25, -0.2) is 9.48 Å². The van der Waals surface area contributed by atoms with Crippen molar-refractivity contribution >= 4 is 29.3 Å². The number of piperidine rings is 1. The van der Waals surface area contributed by atoms with Gasteiger partial charge < -0.3 is 15.3 Å². The van der Waals surface area contributed by atoms with E-state index in [0.29, 0.717) is 36.5 Å². The second-order valence-corrected chi connectivity index (χ2v) is 6.68. The zero-order chi connectivity index (χ0) is 18.7. The predicted octanol–water partition coefficient (Wildman–Crippen LogP) is 3.42. The number of carboxylic acid groups (broad SMARTS) is 1. The Kier molecular flexibility index (Phi) is 5.46. The molecule has 138 valence electrons. The molecule has 1 aromatic carbocycles. The summed E-state index contributed by atoms with van der Waals surface area (Å²) in [5, 5.41) is 17.0. The highest BCUT2D eigenvalue weighted by molar-refractivity contribution is 6.32. The van der Waals surface area contributed by atoms with Gasteiger partial charge in [-0.2, -0.15) is 5.10 Å². The quantitative estimate of drug-likeness (QED) is 0.855. The fourth-order valence-corrected chi connectivity index (χ4v) is 3.42. The summed E-state index contributed by atoms with van der Waals surface area (Å²) in [5.41, 5.74) is 2.18. The number of para-hydroxylation sites is 1. The molecule has 0 radical (unpaired) electrons. The van der Waals surface area contributed by atoms with Crippen molar-refractivity contribution in [3.8, 4) is 5.69 Å². The first kappa shape index (κ1) is 18.3. The zero-order valence-corrected chi connectivity index (χ0v) is 15.2. The van der Waals surface area contributed by atoms with E-state index >= 15 is 0 Å². The van der Waals surface area contributed by atoms with Gasteiger partial charge in [0.1, 0.15) is 0 Å². The van der Waals surface area contributed by atoms with Crippen molar-refractivity contribution < 1.29 is 14.7 Å². The topological polar surface area (TPSA) is 87.5 Å². The number of likely N-dealkylation sites (tertiary alicyclic amines) is 1. The number of aromatic nitrogens is 2. The van der Waals surface area contributed by atoms with E-state index in [1.807, 2.05) is 25.1 Å². The number of carboxylic acids is 1. The highest BCUT2D eigenvalue weighted by Crippen LogP contribution is 2.26. The number of hydrogen-bond acceptors (Lipinski definition) is 3. The minimum atomic E-state index is -0.858. The molecule has 1 atom stereocenters. The van der Waals surface area contributed by atoms with Crippen LogP contribution in [0, 0.1) is 5.92 Å². The maximum atomic E-state index is 12.6. The van der Waals surface area contributed by atoms with Gasteiger partial charge in [0.15, 0.2) is 0 Å². The first-order chi connectivity index (χ1) is 12.5. The number of carbonyl (C=O) groups is 2. The third-order valence-electron chi connectivity index (χ3n) is 4.58. The third-order valence-corrected chi connectivity index (χ3v) is 4.90. The zero-order valence-electron chi connectivity index (χ0n) is 14.5. The first-order valence-electron chi connectivity index (χ1n) is 8.61. The van der Waals surface area contributed by atoms with Crippen molar-refractivity contribution in [1.82, 2.24) is 14.7 Å². The van der Waals surface area contributed by atoms with E-state index in [4.69, 9.17) is 11.6 Å². The fraction of sp³-hybridized carbons (Fsp3) is 0.389. The standard InChI is InChI=1S/C18H21ClN4O3/c1-2-15-14(10-20-23(15)16-8-4-3-7-13(16)19)21-18(26)22-9-5-6-12(11-22)17(24)25/h3-4,7-8,10,12H,2,5-6,9,11H2,1H3,(H,21,26)(H,24,25). The number of rotatable bonds is 4. The Morgan fingerprint density at radius 3 is 2.85 bits per heavy atom. The van der Waals surface area contributed by atoms with Gasteiger partial charge in [0.25, 0.3) is 0 Å². The number of aliphatic carboxylic acids is 1. The summed E-state index contributed by atoms with van der Waals surface area (Å²) in [6.07, 6.45) is 3.53. The maximum Gasteiger partial charge on any atom is 0.321 e. The molecule has 0 bridgehead atoms. The Bertz CT molecular complexity index is 821. The second kappa shape index (κ2) is 7.78. The molecule has 0 saturated carbocycles. The Labute approximate surface area is 156 Å². The van der Waals surface area contributed by atoms with Crippen LogP contribution in [0.1, 0.15) is 25.5 Å². The smallest absolute Gasteiger partial charge is 0.321 e. The molecule has 1 aromatic heterocycles. The van der Waals surface area contributed by atoms with Crippen molar-refractivity contribution in [2.24, 2.45) is 5.92 Å². The highest BCUT2D eigenvalue weighted by Gasteiger charge is 2.28. The Balaban J connectivity index is 1.79. The average Bonchev–Trinajstić information content (AvgIpc) is 3.04. The summed E-state index contributed by atoms with van der Waals surface area (Å²) in [4.78, 5) is 25.3. The lowest BCUT2D eigenvalue weighted by Gasteiger charge is -2.30. The molecule has 8 heteroatoms. The molecule has 1 unspecified atom stereocenters. The third kappa shape index (κ3) is 3.67. The molecule has 2 aromatic rings. The van der Waals surface area contributed by atoms with E-state index in [0.717, 1.165) is 11.4 Å². The van der Waals surface area contributed by atoms with Crippen LogP contribution >= 0.6 is 11.6 Å². The highest BCUT2D eigenvalue weighted by atomic mass is 35.5. The molecular formula is C18H21ClN4O3. The number of nitrogens with zero attached hydrogens (tertiary/aromatic N) is 3. The van der Waals surface area contributed by atoms with Crippen LogP contribution in [0.5, 0.6) is 0 Å². The van der Waals surface area contributed by atoms with Crippen LogP contribution in [0.4, 0.5) is 10.5 Å². The fourth-order valence-electron chi connectivity index (χ4n) is 3.21. The Morgan fingerprint density at radius 1 is 1.38 bits per heavy atom. The van der Waals surface area contributed by atoms with Crippen LogP contribution in [0.2, 0.25) is 5.02 Å². The maximum absolute atomic E-state index is 12.6. The van der Waals surface area contributed by atoms with Crippen molar-refractivity contribution in [1.29, 1.82) is 0 Å². The molecule has 0 aliphatic carbocycles.